The second-order valence-corrected chi connectivity index (χ2v) is 6.10. The van der Waals surface area contributed by atoms with Crippen LogP contribution >= 0.6 is 22.9 Å². The molecule has 5 nitrogen and oxygen atoms in total. The number of carbonyl (C=O) groups is 2. The molecule has 0 aliphatic heterocycles. The van der Waals surface area contributed by atoms with Crippen molar-refractivity contribution >= 4 is 40.4 Å². The Balaban J connectivity index is 1.89. The molecule has 1 unspecified atom stereocenters. The first-order chi connectivity index (χ1) is 11.0. The van der Waals surface area contributed by atoms with Crippen molar-refractivity contribution in [1.82, 2.24) is 5.32 Å². The monoisotopic (exact) mass is 352 g/mol. The molecule has 0 aliphatic rings. The highest BCUT2D eigenvalue weighted by molar-refractivity contribution is 7.07. The summed E-state index contributed by atoms with van der Waals surface area (Å²) in [5, 5.41) is 9.47. The Morgan fingerprint density at radius 1 is 1.30 bits per heavy atom. The molecule has 2 rings (SSSR count). The van der Waals surface area contributed by atoms with E-state index in [2.05, 4.69) is 10.6 Å². The Morgan fingerprint density at radius 2 is 2.09 bits per heavy atom. The Labute approximate surface area is 143 Å². The zero-order valence-electron chi connectivity index (χ0n) is 12.8. The van der Waals surface area contributed by atoms with Gasteiger partial charge in [0.25, 0.3) is 0 Å². The number of hydrogen-bond acceptors (Lipinski definition) is 4. The van der Waals surface area contributed by atoms with Crippen molar-refractivity contribution in [2.24, 2.45) is 0 Å². The Hall–Kier alpha value is -1.89. The topological polar surface area (TPSA) is 67.4 Å². The van der Waals surface area contributed by atoms with Crippen LogP contribution in [0.5, 0.6) is 0 Å². The van der Waals surface area contributed by atoms with E-state index >= 15 is 0 Å². The second kappa shape index (κ2) is 8.10. The molecule has 0 radical (unpaired) electrons. The first-order valence-corrected chi connectivity index (χ1v) is 8.23. The molecule has 0 saturated carbocycles. The van der Waals surface area contributed by atoms with Gasteiger partial charge in [-0.05, 0) is 47.0 Å². The first-order valence-electron chi connectivity index (χ1n) is 6.91. The molecule has 2 amide bonds. The molecule has 0 bridgehead atoms. The largest absolute Gasteiger partial charge is 0.375 e. The lowest BCUT2D eigenvalue weighted by atomic mass is 10.2. The van der Waals surface area contributed by atoms with Crippen LogP contribution in [0.4, 0.5) is 5.69 Å². The normalized spacial score (nSPS) is 11.8. The highest BCUT2D eigenvalue weighted by Crippen LogP contribution is 2.20. The summed E-state index contributed by atoms with van der Waals surface area (Å²) < 4.78 is 5.31. The van der Waals surface area contributed by atoms with E-state index in [-0.39, 0.29) is 12.6 Å². The molecule has 1 aromatic carbocycles. The van der Waals surface area contributed by atoms with Gasteiger partial charge in [-0.25, -0.2) is 0 Å². The Kier molecular flexibility index (Phi) is 6.15. The number of nitrogens with one attached hydrogen (secondary N) is 2. The lowest BCUT2D eigenvalue weighted by molar-refractivity contribution is -0.136. The number of hydrogen-bond donors (Lipinski definition) is 2. The summed E-state index contributed by atoms with van der Waals surface area (Å²) in [6, 6.07) is 6.98. The zero-order chi connectivity index (χ0) is 16.8. The summed E-state index contributed by atoms with van der Waals surface area (Å²) in [6.07, 6.45) is -0.285. The van der Waals surface area contributed by atoms with Crippen molar-refractivity contribution in [3.63, 3.8) is 0 Å². The van der Waals surface area contributed by atoms with Gasteiger partial charge >= 0.3 is 11.8 Å². The minimum absolute atomic E-state index is 0.216. The van der Waals surface area contributed by atoms with Crippen LogP contribution in [0, 0.1) is 6.92 Å². The number of rotatable bonds is 5. The fraction of sp³-hybridized carbons (Fsp3) is 0.250. The van der Waals surface area contributed by atoms with Gasteiger partial charge in [0.05, 0.1) is 0 Å². The van der Waals surface area contributed by atoms with E-state index in [0.29, 0.717) is 10.7 Å². The highest BCUT2D eigenvalue weighted by atomic mass is 35.5. The number of anilines is 1. The predicted octanol–water partition coefficient (Wildman–Crippen LogP) is 3.15. The van der Waals surface area contributed by atoms with Crippen molar-refractivity contribution in [2.75, 3.05) is 19.0 Å². The molecule has 0 spiro atoms. The summed E-state index contributed by atoms with van der Waals surface area (Å²) in [6.45, 7) is 2.07. The molecule has 122 valence electrons. The maximum Gasteiger partial charge on any atom is 0.313 e. The van der Waals surface area contributed by atoms with Crippen LogP contribution in [0.15, 0.2) is 35.0 Å². The average molecular weight is 353 g/mol. The average Bonchev–Trinajstić information content (AvgIpc) is 3.05. The summed E-state index contributed by atoms with van der Waals surface area (Å²) in [5.74, 6) is -1.47. The smallest absolute Gasteiger partial charge is 0.313 e. The number of ether oxygens (including phenoxy) is 1. The van der Waals surface area contributed by atoms with Gasteiger partial charge in [-0.3, -0.25) is 9.59 Å². The van der Waals surface area contributed by atoms with Gasteiger partial charge in [-0.15, -0.1) is 0 Å². The van der Waals surface area contributed by atoms with Gasteiger partial charge in [0.2, 0.25) is 0 Å². The molecule has 1 aromatic heterocycles. The molecule has 1 atom stereocenters. The van der Waals surface area contributed by atoms with Crippen LogP contribution in [0.25, 0.3) is 0 Å². The number of thiophene rings is 1. The van der Waals surface area contributed by atoms with Crippen LogP contribution < -0.4 is 10.6 Å². The molecule has 0 saturated heterocycles. The summed E-state index contributed by atoms with van der Waals surface area (Å²) in [4.78, 5) is 23.8. The van der Waals surface area contributed by atoms with Crippen LogP contribution in [0.2, 0.25) is 5.02 Å². The summed E-state index contributed by atoms with van der Waals surface area (Å²) in [7, 11) is 1.56. The third-order valence-corrected chi connectivity index (χ3v) is 4.39. The Morgan fingerprint density at radius 3 is 2.70 bits per heavy atom. The van der Waals surface area contributed by atoms with Gasteiger partial charge < -0.3 is 15.4 Å². The minimum Gasteiger partial charge on any atom is -0.375 e. The van der Waals surface area contributed by atoms with Crippen molar-refractivity contribution in [2.45, 2.75) is 13.0 Å². The molecular formula is C16H17ClN2O3S. The van der Waals surface area contributed by atoms with E-state index in [9.17, 15) is 9.59 Å². The maximum absolute atomic E-state index is 11.9. The van der Waals surface area contributed by atoms with Crippen LogP contribution in [0.1, 0.15) is 17.2 Å². The molecular weight excluding hydrogens is 336 g/mol. The van der Waals surface area contributed by atoms with E-state index in [1.807, 2.05) is 23.8 Å². The van der Waals surface area contributed by atoms with Gasteiger partial charge in [0.1, 0.15) is 6.10 Å². The van der Waals surface area contributed by atoms with E-state index < -0.39 is 11.8 Å². The van der Waals surface area contributed by atoms with Crippen molar-refractivity contribution < 1.29 is 14.3 Å². The molecule has 0 aliphatic carbocycles. The SMILES string of the molecule is COC(CNC(=O)C(=O)Nc1ccc(C)c(Cl)c1)c1ccsc1. The van der Waals surface area contributed by atoms with Gasteiger partial charge in [0, 0.05) is 24.4 Å². The van der Waals surface area contributed by atoms with E-state index in [1.54, 1.807) is 36.6 Å². The highest BCUT2D eigenvalue weighted by Gasteiger charge is 2.17. The maximum atomic E-state index is 11.9. The fourth-order valence-corrected chi connectivity index (χ4v) is 2.80. The van der Waals surface area contributed by atoms with Gasteiger partial charge in [-0.1, -0.05) is 17.7 Å². The third-order valence-electron chi connectivity index (χ3n) is 3.28. The molecule has 7 heteroatoms. The van der Waals surface area contributed by atoms with Crippen LogP contribution in [0.3, 0.4) is 0 Å². The lowest BCUT2D eigenvalue weighted by Gasteiger charge is -2.15. The standard InChI is InChI=1S/C16H17ClN2O3S/c1-10-3-4-12(7-13(10)17)19-16(21)15(20)18-8-14(22-2)11-5-6-23-9-11/h3-7,9,14H,8H2,1-2H3,(H,18,20)(H,19,21). The first kappa shape index (κ1) is 17.5. The minimum atomic E-state index is -0.745. The number of methoxy groups -OCH3 is 1. The Bertz CT molecular complexity index is 689. The van der Waals surface area contributed by atoms with Crippen molar-refractivity contribution in [3.05, 3.63) is 51.2 Å². The number of carbonyl (C=O) groups excluding carboxylic acids is 2. The zero-order valence-corrected chi connectivity index (χ0v) is 14.3. The number of halogens is 1. The molecule has 1 heterocycles. The van der Waals surface area contributed by atoms with E-state index in [1.165, 1.54) is 0 Å². The van der Waals surface area contributed by atoms with Crippen molar-refractivity contribution in [1.29, 1.82) is 0 Å². The van der Waals surface area contributed by atoms with Crippen LogP contribution in [-0.2, 0) is 14.3 Å². The van der Waals surface area contributed by atoms with E-state index in [4.69, 9.17) is 16.3 Å². The lowest BCUT2D eigenvalue weighted by Crippen LogP contribution is -2.37. The third kappa shape index (κ3) is 4.79. The number of amides is 2. The molecule has 23 heavy (non-hydrogen) atoms. The summed E-state index contributed by atoms with van der Waals surface area (Å²) in [5.41, 5.74) is 2.33. The van der Waals surface area contributed by atoms with Gasteiger partial charge in [0.15, 0.2) is 0 Å². The quantitative estimate of drug-likeness (QED) is 0.812. The number of aryl methyl sites for hydroxylation is 1. The molecule has 2 N–H and O–H groups in total. The molecule has 0 fully saturated rings. The predicted molar refractivity (Wildman–Crippen MR) is 91.9 cm³/mol. The second-order valence-electron chi connectivity index (χ2n) is 4.91. The molecule has 2 aromatic rings. The fourth-order valence-electron chi connectivity index (χ4n) is 1.92. The van der Waals surface area contributed by atoms with Crippen molar-refractivity contribution in [3.8, 4) is 0 Å². The van der Waals surface area contributed by atoms with Crippen LogP contribution in [-0.4, -0.2) is 25.5 Å². The van der Waals surface area contributed by atoms with E-state index in [0.717, 1.165) is 11.1 Å². The van der Waals surface area contributed by atoms with Gasteiger partial charge in [-0.2, -0.15) is 11.3 Å². The summed E-state index contributed by atoms with van der Waals surface area (Å²) >= 11 is 7.53. The number of benzene rings is 1.